The topological polar surface area (TPSA) is 38.3 Å². The van der Waals surface area contributed by atoms with Crippen LogP contribution in [0, 0.1) is 11.7 Å². The van der Waals surface area contributed by atoms with Crippen LogP contribution in [-0.4, -0.2) is 25.7 Å². The quantitative estimate of drug-likeness (QED) is 0.900. The first kappa shape index (κ1) is 15.0. The maximum Gasteiger partial charge on any atom is 0.223 e. The van der Waals surface area contributed by atoms with Crippen LogP contribution in [0.5, 0.6) is 0 Å². The van der Waals surface area contributed by atoms with E-state index in [9.17, 15) is 9.18 Å². The standard InChI is InChI=1S/C16H22FNO2/c1-20-15-7-5-13(6-8-15)16(19)18-10-9-12-3-2-4-14(17)11-12/h2-4,11,13,15H,5-10H2,1H3,(H,18,19). The number of carbonyl (C=O) groups is 1. The number of ether oxygens (including phenoxy) is 1. The fraction of sp³-hybridized carbons (Fsp3) is 0.562. The largest absolute Gasteiger partial charge is 0.381 e. The molecule has 0 unspecified atom stereocenters. The van der Waals surface area contributed by atoms with Crippen LogP contribution in [0.1, 0.15) is 31.2 Å². The summed E-state index contributed by atoms with van der Waals surface area (Å²) >= 11 is 0. The van der Waals surface area contributed by atoms with Crippen LogP contribution in [0.2, 0.25) is 0 Å². The number of methoxy groups -OCH3 is 1. The van der Waals surface area contributed by atoms with Gasteiger partial charge in [0.2, 0.25) is 5.91 Å². The van der Waals surface area contributed by atoms with E-state index in [0.717, 1.165) is 31.2 Å². The normalized spacial score (nSPS) is 22.5. The Morgan fingerprint density at radius 1 is 1.35 bits per heavy atom. The molecule has 1 aliphatic rings. The Bertz CT molecular complexity index is 442. The summed E-state index contributed by atoms with van der Waals surface area (Å²) in [5, 5.41) is 2.95. The van der Waals surface area contributed by atoms with Crippen molar-refractivity contribution in [3.63, 3.8) is 0 Å². The molecule has 4 heteroatoms. The zero-order valence-corrected chi connectivity index (χ0v) is 11.9. The van der Waals surface area contributed by atoms with Crippen LogP contribution in [0.3, 0.4) is 0 Å². The van der Waals surface area contributed by atoms with Gasteiger partial charge in [-0.15, -0.1) is 0 Å². The smallest absolute Gasteiger partial charge is 0.223 e. The maximum atomic E-state index is 13.0. The Morgan fingerprint density at radius 3 is 2.75 bits per heavy atom. The number of amides is 1. The number of nitrogens with one attached hydrogen (secondary N) is 1. The van der Waals surface area contributed by atoms with E-state index in [1.165, 1.54) is 12.1 Å². The van der Waals surface area contributed by atoms with Crippen molar-refractivity contribution in [1.82, 2.24) is 5.32 Å². The molecule has 1 aliphatic carbocycles. The minimum Gasteiger partial charge on any atom is -0.381 e. The summed E-state index contributed by atoms with van der Waals surface area (Å²) in [6.07, 6.45) is 4.68. The van der Waals surface area contributed by atoms with Crippen LogP contribution >= 0.6 is 0 Å². The van der Waals surface area contributed by atoms with Crippen molar-refractivity contribution < 1.29 is 13.9 Å². The van der Waals surface area contributed by atoms with Crippen molar-refractivity contribution >= 4 is 5.91 Å². The van der Waals surface area contributed by atoms with Crippen molar-refractivity contribution in [3.8, 4) is 0 Å². The van der Waals surface area contributed by atoms with Crippen molar-refractivity contribution in [2.75, 3.05) is 13.7 Å². The predicted octanol–water partition coefficient (Wildman–Crippen LogP) is 2.69. The molecule has 1 fully saturated rings. The highest BCUT2D eigenvalue weighted by atomic mass is 19.1. The van der Waals surface area contributed by atoms with Crippen molar-refractivity contribution in [1.29, 1.82) is 0 Å². The molecule has 0 spiro atoms. The Morgan fingerprint density at radius 2 is 2.10 bits per heavy atom. The number of benzene rings is 1. The molecule has 0 bridgehead atoms. The summed E-state index contributed by atoms with van der Waals surface area (Å²) in [6.45, 7) is 0.562. The number of halogens is 1. The lowest BCUT2D eigenvalue weighted by Gasteiger charge is -2.26. The molecule has 0 atom stereocenters. The van der Waals surface area contributed by atoms with Crippen LogP contribution in [0.15, 0.2) is 24.3 Å². The molecule has 110 valence electrons. The maximum absolute atomic E-state index is 13.0. The van der Waals surface area contributed by atoms with Gasteiger partial charge < -0.3 is 10.1 Å². The molecular formula is C16H22FNO2. The number of carbonyl (C=O) groups excluding carboxylic acids is 1. The SMILES string of the molecule is COC1CCC(C(=O)NCCc2cccc(F)c2)CC1. The van der Waals surface area contributed by atoms with E-state index in [4.69, 9.17) is 4.74 Å². The van der Waals surface area contributed by atoms with E-state index in [1.807, 2.05) is 6.07 Å². The average Bonchev–Trinajstić information content (AvgIpc) is 2.47. The minimum absolute atomic E-state index is 0.105. The Kier molecular flexibility index (Phi) is 5.53. The van der Waals surface area contributed by atoms with Crippen LogP contribution in [0.25, 0.3) is 0 Å². The third-order valence-electron chi connectivity index (χ3n) is 3.98. The van der Waals surface area contributed by atoms with E-state index in [-0.39, 0.29) is 17.6 Å². The third kappa shape index (κ3) is 4.30. The monoisotopic (exact) mass is 279 g/mol. The summed E-state index contributed by atoms with van der Waals surface area (Å²) in [5.74, 6) is -0.00317. The van der Waals surface area contributed by atoms with Crippen LogP contribution in [-0.2, 0) is 16.0 Å². The summed E-state index contributed by atoms with van der Waals surface area (Å²) in [6, 6.07) is 6.50. The molecule has 3 nitrogen and oxygen atoms in total. The third-order valence-corrected chi connectivity index (χ3v) is 3.98. The minimum atomic E-state index is -0.230. The fourth-order valence-corrected chi connectivity index (χ4v) is 2.73. The van der Waals surface area contributed by atoms with E-state index in [1.54, 1.807) is 13.2 Å². The van der Waals surface area contributed by atoms with Crippen molar-refractivity contribution in [3.05, 3.63) is 35.6 Å². The lowest BCUT2D eigenvalue weighted by molar-refractivity contribution is -0.126. The van der Waals surface area contributed by atoms with E-state index in [0.29, 0.717) is 19.1 Å². The van der Waals surface area contributed by atoms with Gasteiger partial charge in [-0.2, -0.15) is 0 Å². The summed E-state index contributed by atoms with van der Waals surface area (Å²) in [4.78, 5) is 12.0. The van der Waals surface area contributed by atoms with Gasteiger partial charge >= 0.3 is 0 Å². The summed E-state index contributed by atoms with van der Waals surface area (Å²) in [5.41, 5.74) is 0.911. The van der Waals surface area contributed by atoms with Crippen LogP contribution in [0.4, 0.5) is 4.39 Å². The van der Waals surface area contributed by atoms with E-state index < -0.39 is 0 Å². The Balaban J connectivity index is 1.70. The van der Waals surface area contributed by atoms with E-state index >= 15 is 0 Å². The second kappa shape index (κ2) is 7.39. The van der Waals surface area contributed by atoms with Gasteiger partial charge in [0.25, 0.3) is 0 Å². The van der Waals surface area contributed by atoms with Crippen molar-refractivity contribution in [2.24, 2.45) is 5.92 Å². The first-order valence-corrected chi connectivity index (χ1v) is 7.24. The van der Waals surface area contributed by atoms with E-state index in [2.05, 4.69) is 5.32 Å². The predicted molar refractivity (Wildman–Crippen MR) is 75.9 cm³/mol. The molecule has 2 rings (SSSR count). The molecule has 1 N–H and O–H groups in total. The zero-order valence-electron chi connectivity index (χ0n) is 11.9. The molecule has 1 aromatic carbocycles. The summed E-state index contributed by atoms with van der Waals surface area (Å²) in [7, 11) is 1.73. The molecule has 0 radical (unpaired) electrons. The molecule has 20 heavy (non-hydrogen) atoms. The van der Waals surface area contributed by atoms with Gasteiger partial charge in [-0.05, 0) is 49.8 Å². The van der Waals surface area contributed by atoms with Gasteiger partial charge in [0, 0.05) is 19.6 Å². The van der Waals surface area contributed by atoms with Crippen LogP contribution < -0.4 is 5.32 Å². The highest BCUT2D eigenvalue weighted by Crippen LogP contribution is 2.25. The first-order chi connectivity index (χ1) is 9.69. The van der Waals surface area contributed by atoms with Gasteiger partial charge in [0.1, 0.15) is 5.82 Å². The molecule has 0 saturated heterocycles. The number of rotatable bonds is 5. The highest BCUT2D eigenvalue weighted by molar-refractivity contribution is 5.78. The van der Waals surface area contributed by atoms with Gasteiger partial charge in [-0.3, -0.25) is 4.79 Å². The zero-order chi connectivity index (χ0) is 14.4. The lowest BCUT2D eigenvalue weighted by atomic mass is 9.87. The van der Waals surface area contributed by atoms with Gasteiger partial charge in [-0.1, -0.05) is 12.1 Å². The molecule has 0 aliphatic heterocycles. The molecule has 0 aromatic heterocycles. The first-order valence-electron chi connectivity index (χ1n) is 7.24. The van der Waals surface area contributed by atoms with Gasteiger partial charge in [0.05, 0.1) is 6.10 Å². The molecule has 1 saturated carbocycles. The summed E-state index contributed by atoms with van der Waals surface area (Å²) < 4.78 is 18.3. The lowest BCUT2D eigenvalue weighted by Crippen LogP contribution is -2.35. The van der Waals surface area contributed by atoms with Gasteiger partial charge in [0.15, 0.2) is 0 Å². The Labute approximate surface area is 119 Å². The highest BCUT2D eigenvalue weighted by Gasteiger charge is 2.25. The Hall–Kier alpha value is -1.42. The number of hydrogen-bond acceptors (Lipinski definition) is 2. The second-order valence-electron chi connectivity index (χ2n) is 5.38. The molecule has 1 aromatic rings. The second-order valence-corrected chi connectivity index (χ2v) is 5.38. The molecule has 0 heterocycles. The fourth-order valence-electron chi connectivity index (χ4n) is 2.73. The number of hydrogen-bond donors (Lipinski definition) is 1. The van der Waals surface area contributed by atoms with Crippen molar-refractivity contribution in [2.45, 2.75) is 38.2 Å². The molecule has 1 amide bonds. The van der Waals surface area contributed by atoms with Gasteiger partial charge in [-0.25, -0.2) is 4.39 Å². The molecular weight excluding hydrogens is 257 g/mol. The average molecular weight is 279 g/mol.